The number of hydrogen-bond acceptors (Lipinski definition) is 4. The predicted octanol–water partition coefficient (Wildman–Crippen LogP) is 3.60. The third kappa shape index (κ3) is 4.58. The molecule has 0 bridgehead atoms. The highest BCUT2D eigenvalue weighted by molar-refractivity contribution is 5.90. The first-order valence-electron chi connectivity index (χ1n) is 8.08. The molecule has 1 fully saturated rings. The van der Waals surface area contributed by atoms with Crippen LogP contribution in [-0.2, 0) is 4.74 Å². The van der Waals surface area contributed by atoms with Crippen LogP contribution in [0.2, 0.25) is 0 Å². The van der Waals surface area contributed by atoms with Crippen LogP contribution in [0.3, 0.4) is 0 Å². The zero-order chi connectivity index (χ0) is 18.6. The summed E-state index contributed by atoms with van der Waals surface area (Å²) < 4.78 is 31.1. The highest BCUT2D eigenvalue weighted by atomic mass is 19.3. The van der Waals surface area contributed by atoms with Crippen molar-refractivity contribution in [3.8, 4) is 0 Å². The Hall–Kier alpha value is -2.38. The van der Waals surface area contributed by atoms with Crippen molar-refractivity contribution in [2.45, 2.75) is 32.2 Å². The Kier molecular flexibility index (Phi) is 6.17. The molecule has 1 amide bonds. The fourth-order valence-electron chi connectivity index (χ4n) is 3.07. The summed E-state index contributed by atoms with van der Waals surface area (Å²) >= 11 is 0. The average Bonchev–Trinajstić information content (AvgIpc) is 2.60. The van der Waals surface area contributed by atoms with E-state index in [9.17, 15) is 18.4 Å². The van der Waals surface area contributed by atoms with Crippen LogP contribution in [0.25, 0.3) is 0 Å². The number of carboxylic acid groups (broad SMARTS) is 1. The minimum atomic E-state index is -2.67. The maximum Gasteiger partial charge on any atom is 0.407 e. The number of benzene rings is 1. The van der Waals surface area contributed by atoms with Gasteiger partial charge in [-0.2, -0.15) is 0 Å². The number of carbonyl (C=O) groups excluding carboxylic acids is 1. The molecule has 0 radical (unpaired) electrons. The van der Waals surface area contributed by atoms with Gasteiger partial charge in [0.15, 0.2) is 0 Å². The summed E-state index contributed by atoms with van der Waals surface area (Å²) in [5, 5.41) is 12.1. The summed E-state index contributed by atoms with van der Waals surface area (Å²) in [6.07, 6.45) is -2.30. The normalized spacial score (nSPS) is 16.6. The lowest BCUT2D eigenvalue weighted by molar-refractivity contribution is 0.0600. The van der Waals surface area contributed by atoms with E-state index in [-0.39, 0.29) is 28.8 Å². The largest absolute Gasteiger partial charge is 0.465 e. The summed E-state index contributed by atoms with van der Waals surface area (Å²) in [6.45, 7) is 2.73. The van der Waals surface area contributed by atoms with E-state index in [0.29, 0.717) is 25.9 Å². The van der Waals surface area contributed by atoms with Crippen molar-refractivity contribution in [3.05, 3.63) is 29.3 Å². The molecule has 2 rings (SSSR count). The minimum Gasteiger partial charge on any atom is -0.465 e. The van der Waals surface area contributed by atoms with Gasteiger partial charge >= 0.3 is 12.1 Å². The number of anilines is 1. The highest BCUT2D eigenvalue weighted by Crippen LogP contribution is 2.31. The number of halogens is 2. The summed E-state index contributed by atoms with van der Waals surface area (Å²) in [6, 6.07) is 3.77. The molecule has 1 atom stereocenters. The number of nitrogens with one attached hydrogen (secondary N) is 1. The van der Waals surface area contributed by atoms with Gasteiger partial charge in [0.1, 0.15) is 0 Å². The molecule has 0 aliphatic carbocycles. The van der Waals surface area contributed by atoms with E-state index in [2.05, 4.69) is 10.1 Å². The van der Waals surface area contributed by atoms with Crippen LogP contribution >= 0.6 is 0 Å². The SMILES string of the molecule is COC(=O)c1ccc(C(F)F)c(NC(C)C2CCN(C(=O)O)CC2)c1. The topological polar surface area (TPSA) is 78.9 Å². The second-order valence-corrected chi connectivity index (χ2v) is 6.13. The van der Waals surface area contributed by atoms with Crippen molar-refractivity contribution in [2.75, 3.05) is 25.5 Å². The fourth-order valence-corrected chi connectivity index (χ4v) is 3.07. The van der Waals surface area contributed by atoms with Gasteiger partial charge in [-0.1, -0.05) is 6.07 Å². The molecule has 6 nitrogen and oxygen atoms in total. The number of esters is 1. The van der Waals surface area contributed by atoms with Gasteiger partial charge < -0.3 is 20.1 Å². The van der Waals surface area contributed by atoms with Gasteiger partial charge in [-0.25, -0.2) is 18.4 Å². The van der Waals surface area contributed by atoms with Gasteiger partial charge in [0.2, 0.25) is 0 Å². The highest BCUT2D eigenvalue weighted by Gasteiger charge is 2.27. The third-order valence-electron chi connectivity index (χ3n) is 4.61. The number of amides is 1. The molecule has 138 valence electrons. The van der Waals surface area contributed by atoms with Gasteiger partial charge in [-0.15, -0.1) is 0 Å². The molecule has 1 aliphatic rings. The molecule has 1 unspecified atom stereocenters. The Morgan fingerprint density at radius 3 is 2.48 bits per heavy atom. The molecular weight excluding hydrogens is 334 g/mol. The zero-order valence-corrected chi connectivity index (χ0v) is 14.2. The molecule has 1 heterocycles. The molecule has 0 aromatic heterocycles. The van der Waals surface area contributed by atoms with Crippen LogP contribution in [0.4, 0.5) is 19.3 Å². The number of methoxy groups -OCH3 is 1. The van der Waals surface area contributed by atoms with E-state index in [1.165, 1.54) is 30.2 Å². The predicted molar refractivity (Wildman–Crippen MR) is 88.1 cm³/mol. The van der Waals surface area contributed by atoms with E-state index >= 15 is 0 Å². The van der Waals surface area contributed by atoms with Crippen LogP contribution in [0.5, 0.6) is 0 Å². The maximum absolute atomic E-state index is 13.2. The second kappa shape index (κ2) is 8.13. The van der Waals surface area contributed by atoms with E-state index in [4.69, 9.17) is 5.11 Å². The molecule has 1 aromatic rings. The van der Waals surface area contributed by atoms with Crippen molar-refractivity contribution in [1.82, 2.24) is 4.90 Å². The lowest BCUT2D eigenvalue weighted by atomic mass is 9.90. The first-order valence-corrected chi connectivity index (χ1v) is 8.08. The zero-order valence-electron chi connectivity index (χ0n) is 14.2. The molecule has 25 heavy (non-hydrogen) atoms. The third-order valence-corrected chi connectivity index (χ3v) is 4.61. The number of ether oxygens (including phenoxy) is 1. The molecule has 0 spiro atoms. The molecule has 0 saturated carbocycles. The standard InChI is InChI=1S/C17H22F2N2O4/c1-10(11-5-7-21(8-6-11)17(23)24)20-14-9-12(16(22)25-2)3-4-13(14)15(18)19/h3-4,9-11,15,20H,5-8H2,1-2H3,(H,23,24). The Morgan fingerprint density at radius 2 is 1.96 bits per heavy atom. The summed E-state index contributed by atoms with van der Waals surface area (Å²) in [5.41, 5.74) is 0.218. The van der Waals surface area contributed by atoms with Gasteiger partial charge in [0.25, 0.3) is 6.43 Å². The number of nitrogens with zero attached hydrogens (tertiary/aromatic N) is 1. The van der Waals surface area contributed by atoms with Crippen molar-refractivity contribution in [3.63, 3.8) is 0 Å². The van der Waals surface area contributed by atoms with Gasteiger partial charge in [0.05, 0.1) is 12.7 Å². The Balaban J connectivity index is 2.12. The number of alkyl halides is 2. The molecule has 1 aliphatic heterocycles. The first-order chi connectivity index (χ1) is 11.8. The van der Waals surface area contributed by atoms with Crippen molar-refractivity contribution < 1.29 is 28.2 Å². The van der Waals surface area contributed by atoms with Crippen molar-refractivity contribution in [1.29, 1.82) is 0 Å². The fraction of sp³-hybridized carbons (Fsp3) is 0.529. The van der Waals surface area contributed by atoms with Crippen LogP contribution in [0.15, 0.2) is 18.2 Å². The van der Waals surface area contributed by atoms with Crippen LogP contribution in [0, 0.1) is 5.92 Å². The lowest BCUT2D eigenvalue weighted by Crippen LogP contribution is -2.41. The quantitative estimate of drug-likeness (QED) is 0.788. The number of piperidine rings is 1. The van der Waals surface area contributed by atoms with E-state index in [1.54, 1.807) is 0 Å². The number of carbonyl (C=O) groups is 2. The van der Waals surface area contributed by atoms with E-state index in [0.717, 1.165) is 0 Å². The number of likely N-dealkylation sites (tertiary alicyclic amines) is 1. The van der Waals surface area contributed by atoms with Crippen LogP contribution in [-0.4, -0.2) is 48.3 Å². The van der Waals surface area contributed by atoms with Gasteiger partial charge in [0, 0.05) is 30.4 Å². The Labute approximate surface area is 144 Å². The molecular formula is C17H22F2N2O4. The number of rotatable bonds is 5. The van der Waals surface area contributed by atoms with Crippen LogP contribution in [0.1, 0.15) is 42.1 Å². The lowest BCUT2D eigenvalue weighted by Gasteiger charge is -2.34. The maximum atomic E-state index is 13.2. The number of hydrogen-bond donors (Lipinski definition) is 2. The molecule has 2 N–H and O–H groups in total. The Bertz CT molecular complexity index is 631. The smallest absolute Gasteiger partial charge is 0.407 e. The summed E-state index contributed by atoms with van der Waals surface area (Å²) in [5.74, 6) is -0.436. The Morgan fingerprint density at radius 1 is 1.32 bits per heavy atom. The van der Waals surface area contributed by atoms with Crippen molar-refractivity contribution >= 4 is 17.7 Å². The summed E-state index contributed by atoms with van der Waals surface area (Å²) in [4.78, 5) is 23.9. The average molecular weight is 356 g/mol. The minimum absolute atomic E-state index is 0.138. The first kappa shape index (κ1) is 19.0. The molecule has 8 heteroatoms. The summed E-state index contributed by atoms with van der Waals surface area (Å²) in [7, 11) is 1.23. The van der Waals surface area contributed by atoms with E-state index in [1.807, 2.05) is 6.92 Å². The molecule has 1 saturated heterocycles. The van der Waals surface area contributed by atoms with Crippen LogP contribution < -0.4 is 5.32 Å². The molecule has 1 aromatic carbocycles. The second-order valence-electron chi connectivity index (χ2n) is 6.13. The van der Waals surface area contributed by atoms with Crippen molar-refractivity contribution in [2.24, 2.45) is 5.92 Å². The van der Waals surface area contributed by atoms with E-state index < -0.39 is 18.5 Å². The van der Waals surface area contributed by atoms with Gasteiger partial charge in [-0.05, 0) is 37.8 Å². The van der Waals surface area contributed by atoms with Gasteiger partial charge in [-0.3, -0.25) is 0 Å². The monoisotopic (exact) mass is 356 g/mol.